The average Bonchev–Trinajstić information content (AvgIpc) is 2.42. The zero-order valence-corrected chi connectivity index (χ0v) is 11.4. The highest BCUT2D eigenvalue weighted by Gasteiger charge is 2.20. The largest absolute Gasteiger partial charge is 0.478 e. The molecule has 20 heavy (non-hydrogen) atoms. The lowest BCUT2D eigenvalue weighted by atomic mass is 9.94. The third-order valence-electron chi connectivity index (χ3n) is 3.83. The summed E-state index contributed by atoms with van der Waals surface area (Å²) in [5.41, 5.74) is 0.542. The molecule has 1 aromatic carbocycles. The molecule has 0 radical (unpaired) electrons. The summed E-state index contributed by atoms with van der Waals surface area (Å²) in [5, 5.41) is 17.9. The van der Waals surface area contributed by atoms with E-state index in [-0.39, 0.29) is 18.0 Å². The van der Waals surface area contributed by atoms with E-state index in [0.717, 1.165) is 32.4 Å². The zero-order valence-electron chi connectivity index (χ0n) is 11.4. The molecular formula is C15H20FNO3. The fourth-order valence-corrected chi connectivity index (χ4v) is 2.78. The van der Waals surface area contributed by atoms with Gasteiger partial charge in [-0.3, -0.25) is 4.90 Å². The number of aromatic carboxylic acids is 1. The Balaban J connectivity index is 2.05. The molecule has 0 aromatic heterocycles. The van der Waals surface area contributed by atoms with Crippen LogP contribution in [-0.2, 0) is 6.54 Å². The van der Waals surface area contributed by atoms with Crippen molar-refractivity contribution in [3.05, 3.63) is 35.1 Å². The first-order valence-corrected chi connectivity index (χ1v) is 6.95. The molecule has 2 N–H and O–H groups in total. The molecule has 1 heterocycles. The smallest absolute Gasteiger partial charge is 0.335 e. The Morgan fingerprint density at radius 3 is 2.95 bits per heavy atom. The normalized spacial score (nSPS) is 20.0. The highest BCUT2D eigenvalue weighted by atomic mass is 19.1. The first-order chi connectivity index (χ1) is 9.60. The second-order valence-electron chi connectivity index (χ2n) is 5.37. The zero-order chi connectivity index (χ0) is 14.5. The summed E-state index contributed by atoms with van der Waals surface area (Å²) >= 11 is 0. The van der Waals surface area contributed by atoms with E-state index in [1.165, 1.54) is 18.2 Å². The van der Waals surface area contributed by atoms with Crippen molar-refractivity contribution in [1.82, 2.24) is 4.90 Å². The van der Waals surface area contributed by atoms with E-state index >= 15 is 0 Å². The van der Waals surface area contributed by atoms with Crippen molar-refractivity contribution in [3.8, 4) is 0 Å². The first-order valence-electron chi connectivity index (χ1n) is 6.95. The van der Waals surface area contributed by atoms with Crippen LogP contribution < -0.4 is 0 Å². The van der Waals surface area contributed by atoms with Crippen molar-refractivity contribution in [3.63, 3.8) is 0 Å². The van der Waals surface area contributed by atoms with Gasteiger partial charge in [0.1, 0.15) is 5.82 Å². The number of benzene rings is 1. The Kier molecular flexibility index (Phi) is 5.09. The average molecular weight is 281 g/mol. The fourth-order valence-electron chi connectivity index (χ4n) is 2.78. The molecule has 1 aliphatic heterocycles. The summed E-state index contributed by atoms with van der Waals surface area (Å²) in [6, 6.07) is 3.91. The number of carboxylic acids is 1. The molecule has 1 saturated heterocycles. The molecule has 0 amide bonds. The van der Waals surface area contributed by atoms with Gasteiger partial charge in [-0.1, -0.05) is 0 Å². The molecule has 0 aliphatic carbocycles. The Bertz CT molecular complexity index is 476. The molecule has 4 nitrogen and oxygen atoms in total. The van der Waals surface area contributed by atoms with Crippen LogP contribution in [0.2, 0.25) is 0 Å². The first kappa shape index (κ1) is 14.9. The lowest BCUT2D eigenvalue weighted by Crippen LogP contribution is -2.35. The van der Waals surface area contributed by atoms with Crippen LogP contribution in [0.15, 0.2) is 18.2 Å². The number of carboxylic acid groups (broad SMARTS) is 1. The molecule has 1 aromatic rings. The molecule has 0 saturated carbocycles. The maximum atomic E-state index is 13.8. The predicted molar refractivity (Wildman–Crippen MR) is 73.1 cm³/mol. The number of piperidine rings is 1. The van der Waals surface area contributed by atoms with Crippen molar-refractivity contribution in [2.24, 2.45) is 5.92 Å². The van der Waals surface area contributed by atoms with E-state index in [1.54, 1.807) is 0 Å². The van der Waals surface area contributed by atoms with Gasteiger partial charge in [-0.15, -0.1) is 0 Å². The molecular weight excluding hydrogens is 261 g/mol. The standard InChI is InChI=1S/C15H20FNO3/c16-14-4-3-12(15(19)20)8-13(14)10-17-6-1-2-11(9-17)5-7-18/h3-4,8,11,18H,1-2,5-7,9-10H2,(H,19,20). The fraction of sp³-hybridized carbons (Fsp3) is 0.533. The molecule has 0 spiro atoms. The molecule has 1 fully saturated rings. The van der Waals surface area contributed by atoms with Crippen molar-refractivity contribution in [2.75, 3.05) is 19.7 Å². The number of hydrogen-bond acceptors (Lipinski definition) is 3. The second-order valence-corrected chi connectivity index (χ2v) is 5.37. The van der Waals surface area contributed by atoms with Crippen LogP contribution in [0, 0.1) is 11.7 Å². The molecule has 5 heteroatoms. The van der Waals surface area contributed by atoms with Gasteiger partial charge in [-0.05, 0) is 49.9 Å². The highest BCUT2D eigenvalue weighted by Crippen LogP contribution is 2.22. The number of rotatable bonds is 5. The van der Waals surface area contributed by atoms with Crippen molar-refractivity contribution >= 4 is 5.97 Å². The summed E-state index contributed by atoms with van der Waals surface area (Å²) in [4.78, 5) is 13.1. The van der Waals surface area contributed by atoms with E-state index in [9.17, 15) is 9.18 Å². The molecule has 110 valence electrons. The molecule has 0 bridgehead atoms. The Morgan fingerprint density at radius 2 is 2.25 bits per heavy atom. The lowest BCUT2D eigenvalue weighted by Gasteiger charge is -2.32. The number of carbonyl (C=O) groups is 1. The number of nitrogens with zero attached hydrogens (tertiary/aromatic N) is 1. The van der Waals surface area contributed by atoms with E-state index in [0.29, 0.717) is 18.0 Å². The quantitative estimate of drug-likeness (QED) is 0.868. The lowest BCUT2D eigenvalue weighted by molar-refractivity contribution is 0.0696. The summed E-state index contributed by atoms with van der Waals surface area (Å²) in [6.07, 6.45) is 2.90. The van der Waals surface area contributed by atoms with Gasteiger partial charge in [0.25, 0.3) is 0 Å². The summed E-state index contributed by atoms with van der Waals surface area (Å²) < 4.78 is 13.8. The molecule has 1 aliphatic rings. The van der Waals surface area contributed by atoms with Gasteiger partial charge in [0.2, 0.25) is 0 Å². The van der Waals surface area contributed by atoms with Gasteiger partial charge in [0.15, 0.2) is 0 Å². The van der Waals surface area contributed by atoms with Crippen LogP contribution in [-0.4, -0.2) is 40.8 Å². The number of halogens is 1. The maximum Gasteiger partial charge on any atom is 0.335 e. The van der Waals surface area contributed by atoms with Gasteiger partial charge in [0.05, 0.1) is 5.56 Å². The number of hydrogen-bond donors (Lipinski definition) is 2. The van der Waals surface area contributed by atoms with Gasteiger partial charge < -0.3 is 10.2 Å². The summed E-state index contributed by atoms with van der Waals surface area (Å²) in [5.74, 6) is -0.957. The monoisotopic (exact) mass is 281 g/mol. The third-order valence-corrected chi connectivity index (χ3v) is 3.83. The topological polar surface area (TPSA) is 60.8 Å². The number of likely N-dealkylation sites (tertiary alicyclic amines) is 1. The minimum absolute atomic E-state index is 0.116. The summed E-state index contributed by atoms with van der Waals surface area (Å²) in [6.45, 7) is 2.33. The van der Waals surface area contributed by atoms with Crippen LogP contribution in [0.25, 0.3) is 0 Å². The number of aliphatic hydroxyl groups excluding tert-OH is 1. The van der Waals surface area contributed by atoms with Crippen LogP contribution in [0.5, 0.6) is 0 Å². The van der Waals surface area contributed by atoms with Gasteiger partial charge in [0, 0.05) is 25.3 Å². The van der Waals surface area contributed by atoms with Crippen LogP contribution >= 0.6 is 0 Å². The van der Waals surface area contributed by atoms with Crippen LogP contribution in [0.1, 0.15) is 35.2 Å². The highest BCUT2D eigenvalue weighted by molar-refractivity contribution is 5.87. The van der Waals surface area contributed by atoms with E-state index in [4.69, 9.17) is 10.2 Å². The Hall–Kier alpha value is -1.46. The van der Waals surface area contributed by atoms with E-state index in [2.05, 4.69) is 4.90 Å². The Labute approximate surface area is 117 Å². The van der Waals surface area contributed by atoms with Crippen molar-refractivity contribution in [2.45, 2.75) is 25.8 Å². The predicted octanol–water partition coefficient (Wildman–Crippen LogP) is 2.12. The molecule has 1 atom stereocenters. The number of aliphatic hydroxyl groups is 1. The van der Waals surface area contributed by atoms with Gasteiger partial charge in [-0.2, -0.15) is 0 Å². The Morgan fingerprint density at radius 1 is 1.45 bits per heavy atom. The minimum atomic E-state index is -1.04. The second kappa shape index (κ2) is 6.81. The van der Waals surface area contributed by atoms with Gasteiger partial charge >= 0.3 is 5.97 Å². The van der Waals surface area contributed by atoms with Crippen molar-refractivity contribution < 1.29 is 19.4 Å². The van der Waals surface area contributed by atoms with Gasteiger partial charge in [-0.25, -0.2) is 9.18 Å². The molecule has 2 rings (SSSR count). The van der Waals surface area contributed by atoms with Crippen LogP contribution in [0.4, 0.5) is 4.39 Å². The SMILES string of the molecule is O=C(O)c1ccc(F)c(CN2CCCC(CCO)C2)c1. The van der Waals surface area contributed by atoms with Crippen molar-refractivity contribution in [1.29, 1.82) is 0 Å². The van der Waals surface area contributed by atoms with E-state index < -0.39 is 5.97 Å². The minimum Gasteiger partial charge on any atom is -0.478 e. The maximum absolute atomic E-state index is 13.8. The van der Waals surface area contributed by atoms with E-state index in [1.807, 2.05) is 0 Å². The summed E-state index contributed by atoms with van der Waals surface area (Å²) in [7, 11) is 0. The molecule has 1 unspecified atom stereocenters. The van der Waals surface area contributed by atoms with Crippen LogP contribution in [0.3, 0.4) is 0 Å². The third kappa shape index (κ3) is 3.77.